The summed E-state index contributed by atoms with van der Waals surface area (Å²) in [6, 6.07) is 6.82. The number of nitrogens with zero attached hydrogens (tertiary/aromatic N) is 2. The summed E-state index contributed by atoms with van der Waals surface area (Å²) in [5.41, 5.74) is -0.108. The van der Waals surface area contributed by atoms with E-state index in [1.54, 1.807) is 0 Å². The molecule has 0 bridgehead atoms. The van der Waals surface area contributed by atoms with Crippen LogP contribution in [0.1, 0.15) is 31.2 Å². The quantitative estimate of drug-likeness (QED) is 0.782. The minimum Gasteiger partial charge on any atom is -0.396 e. The number of pyridine rings is 1. The van der Waals surface area contributed by atoms with Crippen molar-refractivity contribution in [3.05, 3.63) is 42.1 Å². The Labute approximate surface area is 168 Å². The van der Waals surface area contributed by atoms with E-state index in [1.807, 2.05) is 4.90 Å². The number of rotatable bonds is 5. The molecule has 0 aliphatic carbocycles. The minimum absolute atomic E-state index is 0.00738. The van der Waals surface area contributed by atoms with Crippen molar-refractivity contribution in [3.63, 3.8) is 0 Å². The van der Waals surface area contributed by atoms with E-state index in [4.69, 9.17) is 0 Å². The number of piperidine rings is 1. The van der Waals surface area contributed by atoms with Gasteiger partial charge < -0.3 is 10.0 Å². The summed E-state index contributed by atoms with van der Waals surface area (Å²) in [6.45, 7) is 0.623. The topological polar surface area (TPSA) is 70.5 Å². The molecule has 2 aromatic rings. The number of anilines is 1. The SMILES string of the molecule is CS(=O)(=O)c1ccc(-c2cc(C(F)(F)F)cnc2N2CCCCC2CCO)cc1. The molecule has 158 valence electrons. The molecule has 1 saturated heterocycles. The van der Waals surface area contributed by atoms with Gasteiger partial charge in [-0.2, -0.15) is 13.2 Å². The van der Waals surface area contributed by atoms with Crippen molar-refractivity contribution < 1.29 is 26.7 Å². The Morgan fingerprint density at radius 3 is 2.48 bits per heavy atom. The summed E-state index contributed by atoms with van der Waals surface area (Å²) in [6.07, 6.45) is 0.572. The highest BCUT2D eigenvalue weighted by Gasteiger charge is 2.33. The van der Waals surface area contributed by atoms with Crippen LogP contribution in [0.25, 0.3) is 11.1 Å². The highest BCUT2D eigenvalue weighted by molar-refractivity contribution is 7.90. The lowest BCUT2D eigenvalue weighted by Gasteiger charge is -2.37. The molecule has 2 heterocycles. The van der Waals surface area contributed by atoms with Gasteiger partial charge in [-0.15, -0.1) is 0 Å². The molecule has 0 amide bonds. The predicted molar refractivity (Wildman–Crippen MR) is 104 cm³/mol. The summed E-state index contributed by atoms with van der Waals surface area (Å²) in [5, 5.41) is 9.37. The van der Waals surface area contributed by atoms with Gasteiger partial charge >= 0.3 is 6.18 Å². The maximum Gasteiger partial charge on any atom is 0.417 e. The fourth-order valence-electron chi connectivity index (χ4n) is 3.66. The summed E-state index contributed by atoms with van der Waals surface area (Å²) in [4.78, 5) is 6.21. The van der Waals surface area contributed by atoms with Crippen LogP contribution in [-0.4, -0.2) is 44.0 Å². The summed E-state index contributed by atoms with van der Waals surface area (Å²) >= 11 is 0. The van der Waals surface area contributed by atoms with E-state index >= 15 is 0 Å². The molecule has 9 heteroatoms. The fourth-order valence-corrected chi connectivity index (χ4v) is 4.29. The minimum atomic E-state index is -4.54. The summed E-state index contributed by atoms with van der Waals surface area (Å²) < 4.78 is 63.3. The first-order valence-corrected chi connectivity index (χ1v) is 11.3. The van der Waals surface area contributed by atoms with Crippen molar-refractivity contribution in [3.8, 4) is 11.1 Å². The number of halogens is 3. The van der Waals surface area contributed by atoms with Crippen LogP contribution in [0.4, 0.5) is 19.0 Å². The highest BCUT2D eigenvalue weighted by Crippen LogP contribution is 2.38. The van der Waals surface area contributed by atoms with E-state index < -0.39 is 21.6 Å². The Balaban J connectivity index is 2.11. The monoisotopic (exact) mass is 428 g/mol. The van der Waals surface area contributed by atoms with Gasteiger partial charge in [-0.05, 0) is 49.4 Å². The first kappa shape index (κ1) is 21.6. The third-order valence-corrected chi connectivity index (χ3v) is 6.28. The number of aromatic nitrogens is 1. The first-order chi connectivity index (χ1) is 13.6. The average Bonchev–Trinajstić information content (AvgIpc) is 2.67. The Morgan fingerprint density at radius 2 is 1.90 bits per heavy atom. The van der Waals surface area contributed by atoms with E-state index in [0.717, 1.165) is 37.8 Å². The van der Waals surface area contributed by atoms with E-state index in [2.05, 4.69) is 4.98 Å². The molecule has 1 N–H and O–H groups in total. The maximum atomic E-state index is 13.3. The zero-order valence-electron chi connectivity index (χ0n) is 16.0. The molecular weight excluding hydrogens is 405 g/mol. The molecule has 1 atom stereocenters. The van der Waals surface area contributed by atoms with Crippen molar-refractivity contribution >= 4 is 15.7 Å². The van der Waals surface area contributed by atoms with Crippen LogP contribution in [0.2, 0.25) is 0 Å². The van der Waals surface area contributed by atoms with Gasteiger partial charge in [0.25, 0.3) is 0 Å². The third-order valence-electron chi connectivity index (χ3n) is 5.15. The number of hydrogen-bond acceptors (Lipinski definition) is 5. The van der Waals surface area contributed by atoms with Gasteiger partial charge in [-0.1, -0.05) is 12.1 Å². The van der Waals surface area contributed by atoms with E-state index in [9.17, 15) is 26.7 Å². The summed E-state index contributed by atoms with van der Waals surface area (Å²) in [7, 11) is -3.41. The Kier molecular flexibility index (Phi) is 6.19. The number of aliphatic hydroxyl groups excluding tert-OH is 1. The Morgan fingerprint density at radius 1 is 1.21 bits per heavy atom. The molecule has 0 saturated carbocycles. The fraction of sp³-hybridized carbons (Fsp3) is 0.450. The van der Waals surface area contributed by atoms with Crippen molar-refractivity contribution in [1.82, 2.24) is 4.98 Å². The molecule has 3 rings (SSSR count). The standard InChI is InChI=1S/C20H23F3N2O3S/c1-29(27,28)17-7-5-14(6-8-17)18-12-15(20(21,22)23)13-24-19(18)25-10-3-2-4-16(25)9-11-26/h5-8,12-13,16,26H,2-4,9-11H2,1H3. The van der Waals surface area contributed by atoms with E-state index in [-0.39, 0.29) is 17.5 Å². The van der Waals surface area contributed by atoms with Crippen molar-refractivity contribution in [2.24, 2.45) is 0 Å². The zero-order chi connectivity index (χ0) is 21.2. The zero-order valence-corrected chi connectivity index (χ0v) is 16.8. The lowest BCUT2D eigenvalue weighted by atomic mass is 9.97. The van der Waals surface area contributed by atoms with Gasteiger partial charge in [0.1, 0.15) is 5.82 Å². The molecule has 1 fully saturated rings. The van der Waals surface area contributed by atoms with Gasteiger partial charge in [0.05, 0.1) is 10.5 Å². The molecule has 1 aliphatic rings. The second-order valence-electron chi connectivity index (χ2n) is 7.24. The van der Waals surface area contributed by atoms with Gasteiger partial charge in [-0.25, -0.2) is 13.4 Å². The molecule has 5 nitrogen and oxygen atoms in total. The number of alkyl halides is 3. The molecule has 1 unspecified atom stereocenters. The van der Waals surface area contributed by atoms with Crippen LogP contribution in [0, 0.1) is 0 Å². The molecule has 1 aromatic carbocycles. The lowest BCUT2D eigenvalue weighted by Crippen LogP contribution is -2.41. The lowest BCUT2D eigenvalue weighted by molar-refractivity contribution is -0.137. The average molecular weight is 428 g/mol. The van der Waals surface area contributed by atoms with Crippen LogP contribution >= 0.6 is 0 Å². The van der Waals surface area contributed by atoms with Crippen molar-refractivity contribution in [2.45, 2.75) is 42.8 Å². The third kappa shape index (κ3) is 4.90. The van der Waals surface area contributed by atoms with Crippen LogP contribution in [0.15, 0.2) is 41.4 Å². The number of benzene rings is 1. The van der Waals surface area contributed by atoms with Gasteiger partial charge in [0, 0.05) is 37.2 Å². The highest BCUT2D eigenvalue weighted by atomic mass is 32.2. The summed E-state index contributed by atoms with van der Waals surface area (Å²) in [5.74, 6) is 0.420. The van der Waals surface area contributed by atoms with E-state index in [1.165, 1.54) is 24.3 Å². The Bertz CT molecular complexity index is 958. The smallest absolute Gasteiger partial charge is 0.396 e. The predicted octanol–water partition coefficient (Wildman–Crippen LogP) is 3.91. The van der Waals surface area contributed by atoms with Crippen molar-refractivity contribution in [2.75, 3.05) is 24.3 Å². The second kappa shape index (κ2) is 8.31. The van der Waals surface area contributed by atoms with Crippen LogP contribution in [-0.2, 0) is 16.0 Å². The Hall–Kier alpha value is -2.13. The molecule has 1 aromatic heterocycles. The number of hydrogen-bond donors (Lipinski definition) is 1. The molecular formula is C20H23F3N2O3S. The van der Waals surface area contributed by atoms with Crippen LogP contribution in [0.5, 0.6) is 0 Å². The first-order valence-electron chi connectivity index (χ1n) is 9.36. The van der Waals surface area contributed by atoms with Gasteiger partial charge in [-0.3, -0.25) is 0 Å². The number of aliphatic hydroxyl groups is 1. The normalized spacial score (nSPS) is 18.1. The maximum absolute atomic E-state index is 13.3. The van der Waals surface area contributed by atoms with E-state index in [0.29, 0.717) is 29.9 Å². The van der Waals surface area contributed by atoms with Crippen LogP contribution in [0.3, 0.4) is 0 Å². The van der Waals surface area contributed by atoms with Crippen LogP contribution < -0.4 is 4.90 Å². The molecule has 29 heavy (non-hydrogen) atoms. The van der Waals surface area contributed by atoms with Gasteiger partial charge in [0.15, 0.2) is 9.84 Å². The van der Waals surface area contributed by atoms with Crippen molar-refractivity contribution in [1.29, 1.82) is 0 Å². The largest absolute Gasteiger partial charge is 0.417 e. The van der Waals surface area contributed by atoms with Gasteiger partial charge in [0.2, 0.25) is 0 Å². The second-order valence-corrected chi connectivity index (χ2v) is 9.26. The molecule has 1 aliphatic heterocycles. The molecule has 0 radical (unpaired) electrons. The molecule has 0 spiro atoms. The number of sulfone groups is 1.